The molecule has 0 aliphatic heterocycles. The molecule has 0 atom stereocenters. The highest BCUT2D eigenvalue weighted by molar-refractivity contribution is 5.18. The molecule has 0 saturated heterocycles. The smallest absolute Gasteiger partial charge is 0.216 e. The third-order valence-corrected chi connectivity index (χ3v) is 2.07. The Morgan fingerprint density at radius 2 is 2.31 bits per heavy atom. The van der Waals surface area contributed by atoms with Gasteiger partial charge in [-0.2, -0.15) is 4.39 Å². The van der Waals surface area contributed by atoms with Crippen LogP contribution in [0.5, 0.6) is 5.75 Å². The Morgan fingerprint density at radius 1 is 1.54 bits per heavy atom. The molecule has 1 fully saturated rings. The van der Waals surface area contributed by atoms with Crippen molar-refractivity contribution in [2.24, 2.45) is 0 Å². The first-order valence-electron chi connectivity index (χ1n) is 4.20. The minimum Gasteiger partial charge on any atom is -0.490 e. The lowest BCUT2D eigenvalue weighted by Gasteiger charge is -2.31. The molecule has 1 aromatic heterocycles. The number of ether oxygens (including phenoxy) is 1. The van der Waals surface area contributed by atoms with E-state index < -0.39 is 5.95 Å². The summed E-state index contributed by atoms with van der Waals surface area (Å²) in [6, 6.07) is 2.85. The summed E-state index contributed by atoms with van der Waals surface area (Å²) in [7, 11) is 0. The first-order valence-corrected chi connectivity index (χ1v) is 4.20. The average Bonchev–Trinajstić information content (AvgIpc) is 2.01. The van der Waals surface area contributed by atoms with Crippen molar-refractivity contribution in [2.45, 2.75) is 25.0 Å². The van der Waals surface area contributed by atoms with Gasteiger partial charge in [0.1, 0.15) is 11.9 Å². The lowest BCUT2D eigenvalue weighted by atomic mass is 9.92. The number of hydrogen-bond donors (Lipinski definition) is 1. The van der Waals surface area contributed by atoms with E-state index in [-0.39, 0.29) is 12.2 Å². The molecular formula is C9H10FNO2. The zero-order valence-electron chi connectivity index (χ0n) is 6.98. The van der Waals surface area contributed by atoms with Crippen LogP contribution in [0.15, 0.2) is 18.3 Å². The second kappa shape index (κ2) is 3.30. The monoisotopic (exact) mass is 183 g/mol. The summed E-state index contributed by atoms with van der Waals surface area (Å²) in [5, 5.41) is 8.98. The van der Waals surface area contributed by atoms with Crippen LogP contribution in [0.4, 0.5) is 4.39 Å². The predicted molar refractivity (Wildman–Crippen MR) is 43.9 cm³/mol. The predicted octanol–water partition coefficient (Wildman–Crippen LogP) is 1.12. The topological polar surface area (TPSA) is 42.4 Å². The van der Waals surface area contributed by atoms with Crippen LogP contribution in [0.3, 0.4) is 0 Å². The number of hydrogen-bond acceptors (Lipinski definition) is 3. The maximum absolute atomic E-state index is 12.6. The lowest BCUT2D eigenvalue weighted by molar-refractivity contribution is -0.0109. The maximum Gasteiger partial charge on any atom is 0.216 e. The molecule has 0 bridgehead atoms. The second-order valence-electron chi connectivity index (χ2n) is 3.18. The Morgan fingerprint density at radius 3 is 2.92 bits per heavy atom. The SMILES string of the molecule is O[C@H]1C[C@H](Oc2ccnc(F)c2)C1. The van der Waals surface area contributed by atoms with E-state index in [0.29, 0.717) is 18.6 Å². The van der Waals surface area contributed by atoms with E-state index in [1.165, 1.54) is 12.3 Å². The summed E-state index contributed by atoms with van der Waals surface area (Å²) in [6.07, 6.45) is 2.39. The van der Waals surface area contributed by atoms with Gasteiger partial charge in [0.05, 0.1) is 6.10 Å². The molecule has 2 rings (SSSR count). The summed E-state index contributed by atoms with van der Waals surface area (Å²) in [5.41, 5.74) is 0. The van der Waals surface area contributed by atoms with Crippen molar-refractivity contribution in [3.63, 3.8) is 0 Å². The van der Waals surface area contributed by atoms with Crippen molar-refractivity contribution in [2.75, 3.05) is 0 Å². The lowest BCUT2D eigenvalue weighted by Crippen LogP contribution is -2.37. The number of aromatic nitrogens is 1. The molecule has 70 valence electrons. The van der Waals surface area contributed by atoms with E-state index in [2.05, 4.69) is 4.98 Å². The van der Waals surface area contributed by atoms with Crippen molar-refractivity contribution in [3.05, 3.63) is 24.3 Å². The van der Waals surface area contributed by atoms with Gasteiger partial charge in [-0.25, -0.2) is 4.98 Å². The summed E-state index contributed by atoms with van der Waals surface area (Å²) >= 11 is 0. The van der Waals surface area contributed by atoms with Crippen molar-refractivity contribution < 1.29 is 14.2 Å². The summed E-state index contributed by atoms with van der Waals surface area (Å²) in [4.78, 5) is 3.41. The number of rotatable bonds is 2. The molecule has 1 aliphatic carbocycles. The van der Waals surface area contributed by atoms with Crippen LogP contribution in [0.2, 0.25) is 0 Å². The van der Waals surface area contributed by atoms with Crippen LogP contribution in [-0.2, 0) is 0 Å². The van der Waals surface area contributed by atoms with Crippen LogP contribution in [-0.4, -0.2) is 22.3 Å². The summed E-state index contributed by atoms with van der Waals surface area (Å²) < 4.78 is 17.9. The molecule has 1 saturated carbocycles. The van der Waals surface area contributed by atoms with Gasteiger partial charge in [-0.3, -0.25) is 0 Å². The molecule has 0 spiro atoms. The molecular weight excluding hydrogens is 173 g/mol. The van der Waals surface area contributed by atoms with E-state index in [0.717, 1.165) is 0 Å². The van der Waals surface area contributed by atoms with Crippen LogP contribution in [0.25, 0.3) is 0 Å². The molecule has 13 heavy (non-hydrogen) atoms. The summed E-state index contributed by atoms with van der Waals surface area (Å²) in [6.45, 7) is 0. The van der Waals surface area contributed by atoms with E-state index in [1.807, 2.05) is 0 Å². The zero-order chi connectivity index (χ0) is 9.26. The Kier molecular flexibility index (Phi) is 2.14. The van der Waals surface area contributed by atoms with Crippen LogP contribution >= 0.6 is 0 Å². The standard InChI is InChI=1S/C9H10FNO2/c10-9-5-7(1-2-11-9)13-8-3-6(12)4-8/h1-2,5-6,8,12H,3-4H2/t6-,8-. The fourth-order valence-electron chi connectivity index (χ4n) is 1.28. The molecule has 3 nitrogen and oxygen atoms in total. The van der Waals surface area contributed by atoms with E-state index in [1.54, 1.807) is 6.07 Å². The molecule has 1 N–H and O–H groups in total. The quantitative estimate of drug-likeness (QED) is 0.699. The van der Waals surface area contributed by atoms with Crippen molar-refractivity contribution >= 4 is 0 Å². The molecule has 1 heterocycles. The fourth-order valence-corrected chi connectivity index (χ4v) is 1.28. The highest BCUT2D eigenvalue weighted by Crippen LogP contribution is 2.25. The Bertz CT molecular complexity index is 299. The molecule has 0 unspecified atom stereocenters. The normalized spacial score (nSPS) is 26.6. The van der Waals surface area contributed by atoms with E-state index >= 15 is 0 Å². The molecule has 1 aliphatic rings. The maximum atomic E-state index is 12.6. The van der Waals surface area contributed by atoms with Gasteiger partial charge >= 0.3 is 0 Å². The number of aliphatic hydroxyl groups is 1. The van der Waals surface area contributed by atoms with Gasteiger partial charge in [0.15, 0.2) is 0 Å². The minimum absolute atomic E-state index is 0.0248. The third kappa shape index (κ3) is 1.95. The first-order chi connectivity index (χ1) is 6.24. The van der Waals surface area contributed by atoms with Gasteiger partial charge in [-0.15, -0.1) is 0 Å². The van der Waals surface area contributed by atoms with Crippen molar-refractivity contribution in [1.29, 1.82) is 0 Å². The number of nitrogens with zero attached hydrogens (tertiary/aromatic N) is 1. The third-order valence-electron chi connectivity index (χ3n) is 2.07. The first kappa shape index (κ1) is 8.44. The van der Waals surface area contributed by atoms with Gasteiger partial charge in [0.25, 0.3) is 0 Å². The van der Waals surface area contributed by atoms with Crippen LogP contribution in [0.1, 0.15) is 12.8 Å². The largest absolute Gasteiger partial charge is 0.490 e. The van der Waals surface area contributed by atoms with Gasteiger partial charge in [-0.1, -0.05) is 0 Å². The molecule has 0 radical (unpaired) electrons. The number of aliphatic hydroxyl groups excluding tert-OH is 1. The van der Waals surface area contributed by atoms with Gasteiger partial charge < -0.3 is 9.84 Å². The van der Waals surface area contributed by atoms with Gasteiger partial charge in [0, 0.05) is 25.1 Å². The average molecular weight is 183 g/mol. The molecule has 0 aromatic carbocycles. The number of halogens is 1. The molecule has 4 heteroatoms. The van der Waals surface area contributed by atoms with Crippen molar-refractivity contribution in [3.8, 4) is 5.75 Å². The Labute approximate surface area is 75.2 Å². The van der Waals surface area contributed by atoms with Gasteiger partial charge in [0.2, 0.25) is 5.95 Å². The highest BCUT2D eigenvalue weighted by atomic mass is 19.1. The van der Waals surface area contributed by atoms with E-state index in [4.69, 9.17) is 9.84 Å². The van der Waals surface area contributed by atoms with E-state index in [9.17, 15) is 4.39 Å². The van der Waals surface area contributed by atoms with Gasteiger partial charge in [-0.05, 0) is 6.07 Å². The zero-order valence-corrected chi connectivity index (χ0v) is 6.98. The highest BCUT2D eigenvalue weighted by Gasteiger charge is 2.28. The molecule has 0 amide bonds. The Balaban J connectivity index is 1.94. The molecule has 1 aromatic rings. The fraction of sp³-hybridized carbons (Fsp3) is 0.444. The second-order valence-corrected chi connectivity index (χ2v) is 3.18. The van der Waals surface area contributed by atoms with Crippen molar-refractivity contribution in [1.82, 2.24) is 4.98 Å². The Hall–Kier alpha value is -1.16. The summed E-state index contributed by atoms with van der Waals surface area (Å²) in [5.74, 6) is -0.0678. The number of pyridine rings is 1. The van der Waals surface area contributed by atoms with Crippen LogP contribution < -0.4 is 4.74 Å². The van der Waals surface area contributed by atoms with Crippen LogP contribution in [0, 0.1) is 5.95 Å². The minimum atomic E-state index is -0.544.